The number of rotatable bonds is 2. The Hall–Kier alpha value is -2.55. The lowest BCUT2D eigenvalue weighted by Crippen LogP contribution is -2.00. The third-order valence-corrected chi connectivity index (χ3v) is 3.37. The smallest absolute Gasteiger partial charge is 0.344 e. The largest absolute Gasteiger partial charge is 0.508 e. The summed E-state index contributed by atoms with van der Waals surface area (Å²) in [6.45, 7) is 2.08. The first-order valence-electron chi connectivity index (χ1n) is 6.53. The van der Waals surface area contributed by atoms with Gasteiger partial charge in [-0.3, -0.25) is 0 Å². The normalized spacial score (nSPS) is 10.8. The predicted molar refractivity (Wildman–Crippen MR) is 79.0 cm³/mol. The second kappa shape index (κ2) is 4.85. The summed E-state index contributed by atoms with van der Waals surface area (Å²) in [5, 5.41) is 10.6. The molecular formula is C17H14O3. The van der Waals surface area contributed by atoms with Crippen molar-refractivity contribution in [3.63, 3.8) is 0 Å². The Morgan fingerprint density at radius 3 is 2.75 bits per heavy atom. The molecule has 3 heteroatoms. The molecule has 3 rings (SSSR count). The summed E-state index contributed by atoms with van der Waals surface area (Å²) in [4.78, 5) is 12.0. The maximum atomic E-state index is 12.0. The first-order chi connectivity index (χ1) is 9.67. The van der Waals surface area contributed by atoms with Gasteiger partial charge in [0, 0.05) is 5.56 Å². The molecule has 0 bridgehead atoms. The topological polar surface area (TPSA) is 50.4 Å². The quantitative estimate of drug-likeness (QED) is 0.769. The standard InChI is InChI=1S/C17H14O3/c1-2-11-4-3-5-13(8-11)16-9-12-6-7-14(18)10-15(12)17(19)20-16/h3-10,18H,2H2,1H3. The molecular weight excluding hydrogens is 252 g/mol. The van der Waals surface area contributed by atoms with Gasteiger partial charge < -0.3 is 9.52 Å². The summed E-state index contributed by atoms with van der Waals surface area (Å²) < 4.78 is 5.36. The molecule has 0 aliphatic heterocycles. The van der Waals surface area contributed by atoms with Crippen molar-refractivity contribution in [2.45, 2.75) is 13.3 Å². The molecule has 100 valence electrons. The molecule has 0 spiro atoms. The van der Waals surface area contributed by atoms with Crippen LogP contribution in [0.3, 0.4) is 0 Å². The first-order valence-corrected chi connectivity index (χ1v) is 6.53. The lowest BCUT2D eigenvalue weighted by molar-refractivity contribution is 0.475. The third-order valence-electron chi connectivity index (χ3n) is 3.37. The van der Waals surface area contributed by atoms with Crippen molar-refractivity contribution in [1.29, 1.82) is 0 Å². The summed E-state index contributed by atoms with van der Waals surface area (Å²) in [5.41, 5.74) is 1.64. The predicted octanol–water partition coefficient (Wildman–Crippen LogP) is 3.73. The Morgan fingerprint density at radius 2 is 1.95 bits per heavy atom. The molecule has 0 saturated heterocycles. The van der Waals surface area contributed by atoms with E-state index in [9.17, 15) is 9.90 Å². The molecule has 3 nitrogen and oxygen atoms in total. The Kier molecular flexibility index (Phi) is 3.03. The maximum Gasteiger partial charge on any atom is 0.344 e. The van der Waals surface area contributed by atoms with Gasteiger partial charge in [-0.05, 0) is 41.6 Å². The van der Waals surface area contributed by atoms with E-state index in [4.69, 9.17) is 4.42 Å². The zero-order chi connectivity index (χ0) is 14.1. The Bertz CT molecular complexity index is 831. The number of phenols is 1. The fourth-order valence-electron chi connectivity index (χ4n) is 2.26. The Morgan fingerprint density at radius 1 is 1.10 bits per heavy atom. The average molecular weight is 266 g/mol. The highest BCUT2D eigenvalue weighted by Gasteiger charge is 2.07. The lowest BCUT2D eigenvalue weighted by atomic mass is 10.1. The third kappa shape index (κ3) is 2.18. The SMILES string of the molecule is CCc1cccc(-c2cc3ccc(O)cc3c(=O)o2)c1. The van der Waals surface area contributed by atoms with Gasteiger partial charge in [0.2, 0.25) is 0 Å². The van der Waals surface area contributed by atoms with Crippen LogP contribution in [0.1, 0.15) is 12.5 Å². The van der Waals surface area contributed by atoms with Crippen molar-refractivity contribution >= 4 is 10.8 Å². The highest BCUT2D eigenvalue weighted by Crippen LogP contribution is 2.24. The van der Waals surface area contributed by atoms with Gasteiger partial charge in [-0.2, -0.15) is 0 Å². The van der Waals surface area contributed by atoms with Crippen LogP contribution in [0.15, 0.2) is 57.7 Å². The molecule has 0 amide bonds. The lowest BCUT2D eigenvalue weighted by Gasteiger charge is -2.04. The van der Waals surface area contributed by atoms with Crippen LogP contribution >= 0.6 is 0 Å². The van der Waals surface area contributed by atoms with Gasteiger partial charge in [0.15, 0.2) is 0 Å². The summed E-state index contributed by atoms with van der Waals surface area (Å²) in [6, 6.07) is 14.5. The van der Waals surface area contributed by atoms with Gasteiger partial charge in [0.05, 0.1) is 5.39 Å². The van der Waals surface area contributed by atoms with Crippen molar-refractivity contribution in [3.05, 3.63) is 64.5 Å². The van der Waals surface area contributed by atoms with Gasteiger partial charge in [-0.15, -0.1) is 0 Å². The molecule has 0 aliphatic carbocycles. The molecule has 20 heavy (non-hydrogen) atoms. The van der Waals surface area contributed by atoms with E-state index < -0.39 is 5.63 Å². The summed E-state index contributed by atoms with van der Waals surface area (Å²) in [7, 11) is 0. The van der Waals surface area contributed by atoms with Crippen LogP contribution in [-0.4, -0.2) is 5.11 Å². The van der Waals surface area contributed by atoms with Gasteiger partial charge in [-0.1, -0.05) is 31.2 Å². The van der Waals surface area contributed by atoms with E-state index in [2.05, 4.69) is 6.92 Å². The van der Waals surface area contributed by atoms with Crippen LogP contribution in [-0.2, 0) is 6.42 Å². The van der Waals surface area contributed by atoms with E-state index >= 15 is 0 Å². The Balaban J connectivity index is 2.22. The maximum absolute atomic E-state index is 12.0. The van der Waals surface area contributed by atoms with E-state index in [-0.39, 0.29) is 5.75 Å². The molecule has 0 radical (unpaired) electrons. The molecule has 0 fully saturated rings. The Labute approximate surface area is 116 Å². The van der Waals surface area contributed by atoms with Crippen molar-refractivity contribution in [2.24, 2.45) is 0 Å². The minimum Gasteiger partial charge on any atom is -0.508 e. The van der Waals surface area contributed by atoms with E-state index in [1.165, 1.54) is 11.6 Å². The fourth-order valence-corrected chi connectivity index (χ4v) is 2.26. The van der Waals surface area contributed by atoms with Crippen LogP contribution in [0.4, 0.5) is 0 Å². The highest BCUT2D eigenvalue weighted by atomic mass is 16.4. The van der Waals surface area contributed by atoms with Crippen LogP contribution in [0.5, 0.6) is 5.75 Å². The second-order valence-corrected chi connectivity index (χ2v) is 4.72. The van der Waals surface area contributed by atoms with Crippen molar-refractivity contribution < 1.29 is 9.52 Å². The summed E-state index contributed by atoms with van der Waals surface area (Å²) in [6.07, 6.45) is 0.930. The number of aromatic hydroxyl groups is 1. The van der Waals surface area contributed by atoms with Gasteiger partial charge in [0.25, 0.3) is 0 Å². The van der Waals surface area contributed by atoms with Gasteiger partial charge in [0.1, 0.15) is 11.5 Å². The summed E-state index contributed by atoms with van der Waals surface area (Å²) in [5.74, 6) is 0.606. The van der Waals surface area contributed by atoms with E-state index in [0.717, 1.165) is 17.4 Å². The number of phenolic OH excluding ortho intramolecular Hbond substituents is 1. The minimum atomic E-state index is -0.435. The second-order valence-electron chi connectivity index (χ2n) is 4.72. The molecule has 1 N–H and O–H groups in total. The molecule has 2 aromatic carbocycles. The van der Waals surface area contributed by atoms with Crippen LogP contribution in [0.25, 0.3) is 22.1 Å². The molecule has 0 saturated carbocycles. The van der Waals surface area contributed by atoms with Crippen molar-refractivity contribution in [2.75, 3.05) is 0 Å². The number of hydrogen-bond donors (Lipinski definition) is 1. The molecule has 3 aromatic rings. The van der Waals surface area contributed by atoms with E-state index in [1.807, 2.05) is 30.3 Å². The van der Waals surface area contributed by atoms with Gasteiger partial charge in [-0.25, -0.2) is 4.79 Å². The molecule has 1 aromatic heterocycles. The average Bonchev–Trinajstić information content (AvgIpc) is 2.48. The molecule has 1 heterocycles. The first kappa shape index (κ1) is 12.5. The summed E-state index contributed by atoms with van der Waals surface area (Å²) >= 11 is 0. The van der Waals surface area contributed by atoms with Crippen LogP contribution in [0, 0.1) is 0 Å². The number of aryl methyl sites for hydroxylation is 1. The monoisotopic (exact) mass is 266 g/mol. The van der Waals surface area contributed by atoms with Crippen LogP contribution < -0.4 is 5.63 Å². The van der Waals surface area contributed by atoms with E-state index in [0.29, 0.717) is 11.1 Å². The molecule has 0 atom stereocenters. The fraction of sp³-hybridized carbons (Fsp3) is 0.118. The number of hydrogen-bond acceptors (Lipinski definition) is 3. The van der Waals surface area contributed by atoms with E-state index in [1.54, 1.807) is 12.1 Å². The minimum absolute atomic E-state index is 0.0607. The zero-order valence-electron chi connectivity index (χ0n) is 11.1. The molecule has 0 aliphatic rings. The van der Waals surface area contributed by atoms with Gasteiger partial charge >= 0.3 is 5.63 Å². The molecule has 0 unspecified atom stereocenters. The van der Waals surface area contributed by atoms with Crippen molar-refractivity contribution in [1.82, 2.24) is 0 Å². The zero-order valence-corrected chi connectivity index (χ0v) is 11.1. The number of benzene rings is 2. The number of fused-ring (bicyclic) bond motifs is 1. The van der Waals surface area contributed by atoms with Crippen molar-refractivity contribution in [3.8, 4) is 17.1 Å². The highest BCUT2D eigenvalue weighted by molar-refractivity contribution is 5.85. The van der Waals surface area contributed by atoms with Crippen LogP contribution in [0.2, 0.25) is 0 Å².